The van der Waals surface area contributed by atoms with Crippen LogP contribution in [-0.2, 0) is 16.8 Å². The number of hydrogen-bond acceptors (Lipinski definition) is 5. The lowest BCUT2D eigenvalue weighted by molar-refractivity contribution is -0.0227. The summed E-state index contributed by atoms with van der Waals surface area (Å²) in [5, 5.41) is 23.9. The van der Waals surface area contributed by atoms with E-state index in [0.29, 0.717) is 12.0 Å². The Balaban J connectivity index is 1.66. The highest BCUT2D eigenvalue weighted by molar-refractivity contribution is 5.83. The first kappa shape index (κ1) is 20.9. The topological polar surface area (TPSA) is 121 Å². The lowest BCUT2D eigenvalue weighted by atomic mass is 9.94. The smallest absolute Gasteiger partial charge is 0.407 e. The zero-order valence-electron chi connectivity index (χ0n) is 16.4. The van der Waals surface area contributed by atoms with Gasteiger partial charge < -0.3 is 31.0 Å². The fourth-order valence-corrected chi connectivity index (χ4v) is 3.31. The van der Waals surface area contributed by atoms with Crippen molar-refractivity contribution in [1.29, 1.82) is 0 Å². The maximum absolute atomic E-state index is 12.4. The van der Waals surface area contributed by atoms with E-state index in [9.17, 15) is 15.0 Å². The number of rotatable bonds is 8. The maximum atomic E-state index is 12.4. The SMILES string of the molecule is CC(CN)(Cc1c[nH]c2ccccc12)OC(=O)NCC(O)(CO)c1ccccc1. The van der Waals surface area contributed by atoms with Crippen LogP contribution < -0.4 is 11.1 Å². The summed E-state index contributed by atoms with van der Waals surface area (Å²) in [5.74, 6) is 0. The van der Waals surface area contributed by atoms with E-state index in [1.54, 1.807) is 37.3 Å². The molecule has 29 heavy (non-hydrogen) atoms. The van der Waals surface area contributed by atoms with E-state index in [1.165, 1.54) is 0 Å². The van der Waals surface area contributed by atoms with Gasteiger partial charge in [0.25, 0.3) is 0 Å². The number of aromatic nitrogens is 1. The number of para-hydroxylation sites is 1. The van der Waals surface area contributed by atoms with Crippen molar-refractivity contribution in [2.75, 3.05) is 19.7 Å². The minimum atomic E-state index is -1.60. The van der Waals surface area contributed by atoms with E-state index >= 15 is 0 Å². The van der Waals surface area contributed by atoms with Crippen molar-refractivity contribution in [2.24, 2.45) is 5.73 Å². The van der Waals surface area contributed by atoms with Gasteiger partial charge in [0.05, 0.1) is 13.2 Å². The number of amides is 1. The van der Waals surface area contributed by atoms with Crippen LogP contribution in [0.4, 0.5) is 4.79 Å². The summed E-state index contributed by atoms with van der Waals surface area (Å²) < 4.78 is 5.60. The second-order valence-electron chi connectivity index (χ2n) is 7.49. The van der Waals surface area contributed by atoms with Crippen LogP contribution >= 0.6 is 0 Å². The highest BCUT2D eigenvalue weighted by Gasteiger charge is 2.32. The minimum Gasteiger partial charge on any atom is -0.442 e. The van der Waals surface area contributed by atoms with Crippen LogP contribution in [0, 0.1) is 0 Å². The number of H-pyrrole nitrogens is 1. The van der Waals surface area contributed by atoms with Crippen LogP contribution in [0.15, 0.2) is 60.8 Å². The van der Waals surface area contributed by atoms with E-state index in [2.05, 4.69) is 10.3 Å². The molecule has 0 saturated carbocycles. The van der Waals surface area contributed by atoms with Gasteiger partial charge in [-0.2, -0.15) is 0 Å². The number of aliphatic hydroxyl groups excluding tert-OH is 1. The largest absolute Gasteiger partial charge is 0.442 e. The van der Waals surface area contributed by atoms with Gasteiger partial charge in [0.2, 0.25) is 0 Å². The van der Waals surface area contributed by atoms with E-state index in [-0.39, 0.29) is 13.1 Å². The predicted molar refractivity (Wildman–Crippen MR) is 111 cm³/mol. The molecule has 2 atom stereocenters. The molecule has 0 fully saturated rings. The van der Waals surface area contributed by atoms with Crippen LogP contribution in [0.5, 0.6) is 0 Å². The van der Waals surface area contributed by atoms with Crippen molar-refractivity contribution in [3.8, 4) is 0 Å². The molecule has 7 nitrogen and oxygen atoms in total. The van der Waals surface area contributed by atoms with Gasteiger partial charge in [-0.15, -0.1) is 0 Å². The van der Waals surface area contributed by atoms with Gasteiger partial charge in [0, 0.05) is 30.1 Å². The molecule has 0 saturated heterocycles. The van der Waals surface area contributed by atoms with E-state index in [1.807, 2.05) is 30.5 Å². The third-order valence-corrected chi connectivity index (χ3v) is 5.11. The van der Waals surface area contributed by atoms with Crippen LogP contribution in [0.2, 0.25) is 0 Å². The van der Waals surface area contributed by atoms with Gasteiger partial charge >= 0.3 is 6.09 Å². The average Bonchev–Trinajstić information content (AvgIpc) is 3.15. The third-order valence-electron chi connectivity index (χ3n) is 5.11. The summed E-state index contributed by atoms with van der Waals surface area (Å²) >= 11 is 0. The highest BCUT2D eigenvalue weighted by atomic mass is 16.6. The molecule has 0 aliphatic carbocycles. The fourth-order valence-electron chi connectivity index (χ4n) is 3.31. The van der Waals surface area contributed by atoms with Crippen molar-refractivity contribution in [3.05, 3.63) is 71.9 Å². The molecule has 2 unspecified atom stereocenters. The van der Waals surface area contributed by atoms with Crippen LogP contribution in [0.1, 0.15) is 18.1 Å². The predicted octanol–water partition coefficient (Wildman–Crippen LogP) is 2.03. The lowest BCUT2D eigenvalue weighted by Gasteiger charge is -2.30. The van der Waals surface area contributed by atoms with Crippen molar-refractivity contribution >= 4 is 17.0 Å². The number of carbonyl (C=O) groups excluding carboxylic acids is 1. The molecule has 0 bridgehead atoms. The quantitative estimate of drug-likeness (QED) is 0.398. The van der Waals surface area contributed by atoms with Gasteiger partial charge in [0.1, 0.15) is 11.2 Å². The normalized spacial score (nSPS) is 15.4. The second-order valence-corrected chi connectivity index (χ2v) is 7.49. The van der Waals surface area contributed by atoms with Crippen molar-refractivity contribution in [1.82, 2.24) is 10.3 Å². The van der Waals surface area contributed by atoms with Crippen molar-refractivity contribution < 1.29 is 19.7 Å². The standard InChI is InChI=1S/C22H27N3O4/c1-21(13-23,11-16-12-24-19-10-6-5-9-18(16)19)29-20(27)25-14-22(28,15-26)17-7-3-2-4-8-17/h2-10,12,24,26,28H,11,13-15,23H2,1H3,(H,25,27). The number of benzene rings is 2. The molecular weight excluding hydrogens is 370 g/mol. The number of carbonyl (C=O) groups is 1. The maximum Gasteiger partial charge on any atom is 0.407 e. The molecule has 1 aromatic heterocycles. The lowest BCUT2D eigenvalue weighted by Crippen LogP contribution is -2.48. The van der Waals surface area contributed by atoms with Crippen molar-refractivity contribution in [2.45, 2.75) is 24.5 Å². The summed E-state index contributed by atoms with van der Waals surface area (Å²) in [6.45, 7) is 1.16. The summed E-state index contributed by atoms with van der Waals surface area (Å²) in [5.41, 5.74) is 5.88. The molecule has 3 rings (SSSR count). The summed E-state index contributed by atoms with van der Waals surface area (Å²) in [4.78, 5) is 15.6. The van der Waals surface area contributed by atoms with Crippen LogP contribution in [0.25, 0.3) is 10.9 Å². The number of nitrogens with one attached hydrogen (secondary N) is 2. The second kappa shape index (κ2) is 8.65. The Morgan fingerprint density at radius 1 is 1.17 bits per heavy atom. The van der Waals surface area contributed by atoms with E-state index in [4.69, 9.17) is 10.5 Å². The molecule has 0 aliphatic heterocycles. The first-order chi connectivity index (χ1) is 13.9. The number of aromatic amines is 1. The Morgan fingerprint density at radius 2 is 1.86 bits per heavy atom. The molecule has 0 spiro atoms. The summed E-state index contributed by atoms with van der Waals surface area (Å²) in [6.07, 6.45) is 1.62. The molecule has 0 radical (unpaired) electrons. The molecule has 0 aliphatic rings. The van der Waals surface area contributed by atoms with E-state index < -0.39 is 23.9 Å². The van der Waals surface area contributed by atoms with Crippen LogP contribution in [0.3, 0.4) is 0 Å². The van der Waals surface area contributed by atoms with Gasteiger partial charge in [0.15, 0.2) is 0 Å². The molecule has 154 valence electrons. The first-order valence-corrected chi connectivity index (χ1v) is 9.50. The van der Waals surface area contributed by atoms with Gasteiger partial charge in [-0.3, -0.25) is 0 Å². The number of ether oxygens (including phenoxy) is 1. The molecule has 7 heteroatoms. The first-order valence-electron chi connectivity index (χ1n) is 9.50. The molecule has 2 aromatic carbocycles. The fraction of sp³-hybridized carbons (Fsp3) is 0.318. The monoisotopic (exact) mass is 397 g/mol. The molecule has 3 aromatic rings. The van der Waals surface area contributed by atoms with Gasteiger partial charge in [-0.25, -0.2) is 4.79 Å². The number of alkyl carbamates (subject to hydrolysis) is 1. The number of fused-ring (bicyclic) bond motifs is 1. The van der Waals surface area contributed by atoms with Gasteiger partial charge in [-0.1, -0.05) is 48.5 Å². The highest BCUT2D eigenvalue weighted by Crippen LogP contribution is 2.24. The summed E-state index contributed by atoms with van der Waals surface area (Å²) in [7, 11) is 0. The Hall–Kier alpha value is -2.87. The third kappa shape index (κ3) is 4.76. The Labute approximate surface area is 169 Å². The molecule has 1 amide bonds. The van der Waals surface area contributed by atoms with Gasteiger partial charge in [-0.05, 0) is 24.1 Å². The minimum absolute atomic E-state index is 0.128. The zero-order valence-corrected chi connectivity index (χ0v) is 16.4. The number of aliphatic hydroxyl groups is 2. The van der Waals surface area contributed by atoms with Crippen molar-refractivity contribution in [3.63, 3.8) is 0 Å². The molecule has 6 N–H and O–H groups in total. The number of hydrogen-bond donors (Lipinski definition) is 5. The van der Waals surface area contributed by atoms with E-state index in [0.717, 1.165) is 16.5 Å². The Bertz CT molecular complexity index is 959. The average molecular weight is 397 g/mol. The zero-order chi connectivity index (χ0) is 20.9. The molecule has 1 heterocycles. The molecular formula is C22H27N3O4. The Morgan fingerprint density at radius 3 is 2.55 bits per heavy atom. The summed E-state index contributed by atoms with van der Waals surface area (Å²) in [6, 6.07) is 16.6. The van der Waals surface area contributed by atoms with Crippen LogP contribution in [-0.4, -0.2) is 46.6 Å². The Kier molecular flexibility index (Phi) is 6.22. The number of nitrogens with two attached hydrogens (primary N) is 1.